The van der Waals surface area contributed by atoms with E-state index in [1.54, 1.807) is 12.1 Å². The van der Waals surface area contributed by atoms with Crippen molar-refractivity contribution in [1.29, 1.82) is 0 Å². The lowest BCUT2D eigenvalue weighted by molar-refractivity contribution is 0.0733. The molecule has 3 rings (SSSR count). The van der Waals surface area contributed by atoms with Gasteiger partial charge in [0.05, 0.1) is 11.7 Å². The fourth-order valence-electron chi connectivity index (χ4n) is 3.17. The Balaban J connectivity index is 1.77. The number of nitrogens with zero attached hydrogens (tertiary/aromatic N) is 3. The van der Waals surface area contributed by atoms with E-state index >= 15 is 0 Å². The minimum atomic E-state index is -0.331. The second kappa shape index (κ2) is 7.09. The van der Waals surface area contributed by atoms with Gasteiger partial charge in [-0.15, -0.1) is 0 Å². The summed E-state index contributed by atoms with van der Waals surface area (Å²) >= 11 is 0. The Labute approximate surface area is 141 Å². The van der Waals surface area contributed by atoms with Gasteiger partial charge >= 0.3 is 0 Å². The van der Waals surface area contributed by atoms with Gasteiger partial charge in [0, 0.05) is 24.8 Å². The monoisotopic (exact) mass is 327 g/mol. The van der Waals surface area contributed by atoms with Crippen LogP contribution >= 0.6 is 0 Å². The van der Waals surface area contributed by atoms with Gasteiger partial charge in [-0.1, -0.05) is 6.07 Å². The molecule has 1 fully saturated rings. The van der Waals surface area contributed by atoms with Gasteiger partial charge in [0.1, 0.15) is 5.82 Å². The number of carbonyl (C=O) groups excluding carboxylic acids is 1. The van der Waals surface area contributed by atoms with Crippen molar-refractivity contribution < 1.29 is 9.18 Å². The molecule has 0 bridgehead atoms. The second-order valence-electron chi connectivity index (χ2n) is 6.49. The first-order valence-electron chi connectivity index (χ1n) is 8.20. The van der Waals surface area contributed by atoms with Gasteiger partial charge in [0.2, 0.25) is 0 Å². The van der Waals surface area contributed by atoms with Crippen molar-refractivity contribution in [2.75, 3.05) is 20.6 Å². The number of hydrogen-bond acceptors (Lipinski definition) is 3. The highest BCUT2D eigenvalue weighted by molar-refractivity contribution is 5.94. The van der Waals surface area contributed by atoms with Crippen molar-refractivity contribution in [2.24, 2.45) is 0 Å². The molecule has 2 heterocycles. The second-order valence-corrected chi connectivity index (χ2v) is 6.49. The Bertz CT molecular complexity index is 698. The summed E-state index contributed by atoms with van der Waals surface area (Å²) in [5, 5.41) is 0. The average molecular weight is 327 g/mol. The first-order valence-corrected chi connectivity index (χ1v) is 8.20. The van der Waals surface area contributed by atoms with Crippen LogP contribution in [0.15, 0.2) is 42.6 Å². The Morgan fingerprint density at radius 3 is 2.62 bits per heavy atom. The summed E-state index contributed by atoms with van der Waals surface area (Å²) in [6.45, 7) is 1.55. The average Bonchev–Trinajstić information content (AvgIpc) is 3.04. The maximum Gasteiger partial charge on any atom is 0.254 e. The predicted molar refractivity (Wildman–Crippen MR) is 91.0 cm³/mol. The Kier molecular flexibility index (Phi) is 4.90. The highest BCUT2D eigenvalue weighted by atomic mass is 19.1. The number of pyridine rings is 1. The van der Waals surface area contributed by atoms with Crippen LogP contribution in [0.3, 0.4) is 0 Å². The van der Waals surface area contributed by atoms with Gasteiger partial charge in [-0.2, -0.15) is 0 Å². The third-order valence-corrected chi connectivity index (χ3v) is 4.29. The molecule has 0 unspecified atom stereocenters. The van der Waals surface area contributed by atoms with Crippen LogP contribution in [0.5, 0.6) is 0 Å². The molecule has 0 saturated carbocycles. The standard InChI is InChI=1S/C19H22FN3O/c1-22(2)13-14-5-10-17(21-12-14)18-4-3-11-23(18)19(24)15-6-8-16(20)9-7-15/h5-10,12,18H,3-4,11,13H2,1-2H3/t18-/m1/s1. The van der Waals surface area contributed by atoms with Crippen LogP contribution in [-0.4, -0.2) is 41.3 Å². The molecule has 1 saturated heterocycles. The van der Waals surface area contributed by atoms with Gasteiger partial charge in [0.25, 0.3) is 5.91 Å². The van der Waals surface area contributed by atoms with E-state index in [2.05, 4.69) is 16.0 Å². The van der Waals surface area contributed by atoms with Crippen LogP contribution in [0.1, 0.15) is 40.5 Å². The lowest BCUT2D eigenvalue weighted by Gasteiger charge is -2.24. The lowest BCUT2D eigenvalue weighted by Crippen LogP contribution is -2.31. The molecule has 0 aliphatic carbocycles. The van der Waals surface area contributed by atoms with Crippen LogP contribution in [0.4, 0.5) is 4.39 Å². The molecule has 24 heavy (non-hydrogen) atoms. The zero-order chi connectivity index (χ0) is 17.1. The van der Waals surface area contributed by atoms with Crippen LogP contribution in [-0.2, 0) is 6.54 Å². The zero-order valence-electron chi connectivity index (χ0n) is 14.1. The molecule has 1 atom stereocenters. The quantitative estimate of drug-likeness (QED) is 0.865. The number of rotatable bonds is 4. The minimum absolute atomic E-state index is 0.00374. The lowest BCUT2D eigenvalue weighted by atomic mass is 10.1. The van der Waals surface area contributed by atoms with E-state index in [4.69, 9.17) is 0 Å². The third-order valence-electron chi connectivity index (χ3n) is 4.29. The first-order chi connectivity index (χ1) is 11.5. The number of amides is 1. The topological polar surface area (TPSA) is 36.4 Å². The number of benzene rings is 1. The molecule has 0 spiro atoms. The van der Waals surface area contributed by atoms with Crippen LogP contribution in [0.25, 0.3) is 0 Å². The molecule has 1 aromatic heterocycles. The van der Waals surface area contributed by atoms with Crippen LogP contribution < -0.4 is 0 Å². The predicted octanol–water partition coefficient (Wildman–Crippen LogP) is 3.26. The van der Waals surface area contributed by atoms with Crippen molar-refractivity contribution >= 4 is 5.91 Å². The van der Waals surface area contributed by atoms with E-state index < -0.39 is 0 Å². The molecule has 1 amide bonds. The van der Waals surface area contributed by atoms with Crippen LogP contribution in [0.2, 0.25) is 0 Å². The Morgan fingerprint density at radius 1 is 1.25 bits per heavy atom. The zero-order valence-corrected chi connectivity index (χ0v) is 14.1. The summed E-state index contributed by atoms with van der Waals surface area (Å²) in [4.78, 5) is 21.2. The Hall–Kier alpha value is -2.27. The van der Waals surface area contributed by atoms with Gasteiger partial charge in [-0.05, 0) is 62.8 Å². The number of hydrogen-bond donors (Lipinski definition) is 0. The summed E-state index contributed by atoms with van der Waals surface area (Å²) in [5.41, 5.74) is 2.59. The maximum absolute atomic E-state index is 13.1. The summed E-state index contributed by atoms with van der Waals surface area (Å²) in [5.74, 6) is -0.390. The van der Waals surface area contributed by atoms with E-state index in [0.717, 1.165) is 30.6 Å². The van der Waals surface area contributed by atoms with E-state index in [0.29, 0.717) is 12.1 Å². The Morgan fingerprint density at radius 2 is 2.00 bits per heavy atom. The highest BCUT2D eigenvalue weighted by Crippen LogP contribution is 2.32. The maximum atomic E-state index is 13.1. The van der Waals surface area contributed by atoms with E-state index in [1.165, 1.54) is 12.1 Å². The molecule has 1 aromatic carbocycles. The van der Waals surface area contributed by atoms with Gasteiger partial charge in [0.15, 0.2) is 0 Å². The van der Waals surface area contributed by atoms with E-state index in [9.17, 15) is 9.18 Å². The molecule has 2 aromatic rings. The summed E-state index contributed by atoms with van der Waals surface area (Å²) in [6.07, 6.45) is 3.75. The largest absolute Gasteiger partial charge is 0.330 e. The SMILES string of the molecule is CN(C)Cc1ccc([C@H]2CCCN2C(=O)c2ccc(F)cc2)nc1. The molecular formula is C19H22FN3O. The summed E-state index contributed by atoms with van der Waals surface area (Å²) in [6, 6.07) is 9.82. The molecule has 4 nitrogen and oxygen atoms in total. The highest BCUT2D eigenvalue weighted by Gasteiger charge is 2.31. The van der Waals surface area contributed by atoms with E-state index in [1.807, 2.05) is 31.3 Å². The van der Waals surface area contributed by atoms with Gasteiger partial charge in [-0.25, -0.2) is 4.39 Å². The van der Waals surface area contributed by atoms with E-state index in [-0.39, 0.29) is 17.8 Å². The number of aromatic nitrogens is 1. The number of halogens is 1. The third kappa shape index (κ3) is 3.62. The summed E-state index contributed by atoms with van der Waals surface area (Å²) < 4.78 is 13.1. The van der Waals surface area contributed by atoms with Crippen molar-refractivity contribution in [3.8, 4) is 0 Å². The first kappa shape index (κ1) is 16.6. The fourth-order valence-corrected chi connectivity index (χ4v) is 3.17. The molecule has 5 heteroatoms. The molecule has 126 valence electrons. The minimum Gasteiger partial charge on any atom is -0.330 e. The normalized spacial score (nSPS) is 17.5. The number of likely N-dealkylation sites (tertiary alicyclic amines) is 1. The van der Waals surface area contributed by atoms with Crippen molar-refractivity contribution in [3.63, 3.8) is 0 Å². The van der Waals surface area contributed by atoms with Crippen molar-refractivity contribution in [3.05, 3.63) is 65.2 Å². The molecule has 1 aliphatic rings. The van der Waals surface area contributed by atoms with Crippen molar-refractivity contribution in [2.45, 2.75) is 25.4 Å². The molecular weight excluding hydrogens is 305 g/mol. The van der Waals surface area contributed by atoms with Crippen LogP contribution in [0, 0.1) is 5.82 Å². The number of carbonyl (C=O) groups is 1. The fraction of sp³-hybridized carbons (Fsp3) is 0.368. The molecule has 0 radical (unpaired) electrons. The summed E-state index contributed by atoms with van der Waals surface area (Å²) in [7, 11) is 4.04. The molecule has 0 N–H and O–H groups in total. The molecule has 1 aliphatic heterocycles. The van der Waals surface area contributed by atoms with Crippen molar-refractivity contribution in [1.82, 2.24) is 14.8 Å². The smallest absolute Gasteiger partial charge is 0.254 e. The van der Waals surface area contributed by atoms with Gasteiger partial charge < -0.3 is 9.80 Å². The van der Waals surface area contributed by atoms with Gasteiger partial charge in [-0.3, -0.25) is 9.78 Å².